The Kier molecular flexibility index (Phi) is 3.74. The molecule has 1 heterocycles. The van der Waals surface area contributed by atoms with Gasteiger partial charge < -0.3 is 5.32 Å². The van der Waals surface area contributed by atoms with Crippen LogP contribution >= 0.6 is 0 Å². The third kappa shape index (κ3) is 3.45. The van der Waals surface area contributed by atoms with Crippen molar-refractivity contribution in [3.8, 4) is 0 Å². The van der Waals surface area contributed by atoms with Gasteiger partial charge in [0.1, 0.15) is 5.82 Å². The summed E-state index contributed by atoms with van der Waals surface area (Å²) in [6.07, 6.45) is 3.10. The molecule has 0 aliphatic heterocycles. The van der Waals surface area contributed by atoms with Crippen LogP contribution in [0.4, 0.5) is 5.82 Å². The molecule has 0 aliphatic carbocycles. The Labute approximate surface area is 80.4 Å². The van der Waals surface area contributed by atoms with Crippen LogP contribution in [0.2, 0.25) is 0 Å². The minimum Gasteiger partial charge on any atom is -0.370 e. The van der Waals surface area contributed by atoms with Gasteiger partial charge in [-0.25, -0.2) is 4.98 Å². The fourth-order valence-corrected chi connectivity index (χ4v) is 0.996. The van der Waals surface area contributed by atoms with Crippen LogP contribution in [-0.2, 0) is 0 Å². The van der Waals surface area contributed by atoms with Crippen LogP contribution in [0.25, 0.3) is 0 Å². The summed E-state index contributed by atoms with van der Waals surface area (Å²) in [6.45, 7) is 7.49. The third-order valence-electron chi connectivity index (χ3n) is 2.24. The van der Waals surface area contributed by atoms with Crippen molar-refractivity contribution in [1.82, 2.24) is 4.98 Å². The van der Waals surface area contributed by atoms with E-state index in [-0.39, 0.29) is 0 Å². The van der Waals surface area contributed by atoms with E-state index in [9.17, 15) is 0 Å². The number of anilines is 1. The lowest BCUT2D eigenvalue weighted by molar-refractivity contribution is 0.592. The van der Waals surface area contributed by atoms with Gasteiger partial charge in [-0.15, -0.1) is 0 Å². The highest BCUT2D eigenvalue weighted by Crippen LogP contribution is 2.06. The maximum Gasteiger partial charge on any atom is 0.125 e. The number of hydrogen-bond donors (Lipinski definition) is 1. The highest BCUT2D eigenvalue weighted by atomic mass is 15.0. The number of aryl methyl sites for hydroxylation is 1. The third-order valence-corrected chi connectivity index (χ3v) is 2.24. The van der Waals surface area contributed by atoms with Crippen molar-refractivity contribution in [3.05, 3.63) is 23.9 Å². The topological polar surface area (TPSA) is 24.9 Å². The second-order valence-corrected chi connectivity index (χ2v) is 3.62. The molecule has 0 fully saturated rings. The molecule has 1 N–H and O–H groups in total. The van der Waals surface area contributed by atoms with Crippen LogP contribution in [0.5, 0.6) is 0 Å². The van der Waals surface area contributed by atoms with E-state index in [0.717, 1.165) is 12.4 Å². The number of nitrogens with zero attached hydrogens (tertiary/aromatic N) is 1. The molecular weight excluding hydrogens is 160 g/mol. The Morgan fingerprint density at radius 2 is 2.23 bits per heavy atom. The number of nitrogens with one attached hydrogen (secondary N) is 1. The van der Waals surface area contributed by atoms with Crippen molar-refractivity contribution < 1.29 is 0 Å². The van der Waals surface area contributed by atoms with Crippen molar-refractivity contribution in [3.63, 3.8) is 0 Å². The lowest BCUT2D eigenvalue weighted by atomic mass is 10.1. The maximum atomic E-state index is 4.27. The zero-order chi connectivity index (χ0) is 9.68. The average molecular weight is 178 g/mol. The molecule has 1 rings (SSSR count). The lowest BCUT2D eigenvalue weighted by Crippen LogP contribution is -2.10. The maximum absolute atomic E-state index is 4.27. The van der Waals surface area contributed by atoms with Gasteiger partial charge in [-0.2, -0.15) is 0 Å². The molecule has 72 valence electrons. The molecule has 0 saturated carbocycles. The highest BCUT2D eigenvalue weighted by Gasteiger charge is 1.98. The summed E-state index contributed by atoms with van der Waals surface area (Å²) in [5.41, 5.74) is 1.20. The molecule has 1 aromatic rings. The van der Waals surface area contributed by atoms with Gasteiger partial charge in [0.15, 0.2) is 0 Å². The number of hydrogen-bond acceptors (Lipinski definition) is 2. The molecule has 2 heteroatoms. The van der Waals surface area contributed by atoms with Crippen molar-refractivity contribution in [2.45, 2.75) is 27.2 Å². The Morgan fingerprint density at radius 3 is 2.77 bits per heavy atom. The summed E-state index contributed by atoms with van der Waals surface area (Å²) in [5.74, 6) is 1.69. The molecule has 0 spiro atoms. The average Bonchev–Trinajstić information content (AvgIpc) is 2.16. The SMILES string of the molecule is CCC(C)CNc1ccc(C)cn1. The molecule has 1 aromatic heterocycles. The van der Waals surface area contributed by atoms with E-state index in [2.05, 4.69) is 30.2 Å². The zero-order valence-corrected chi connectivity index (χ0v) is 8.67. The van der Waals surface area contributed by atoms with E-state index in [1.165, 1.54) is 12.0 Å². The minimum atomic E-state index is 0.711. The number of pyridine rings is 1. The first-order chi connectivity index (χ1) is 6.22. The summed E-state index contributed by atoms with van der Waals surface area (Å²) < 4.78 is 0. The van der Waals surface area contributed by atoms with Gasteiger partial charge >= 0.3 is 0 Å². The standard InChI is InChI=1S/C11H18N2/c1-4-9(2)7-12-11-6-5-10(3)8-13-11/h5-6,8-9H,4,7H2,1-3H3,(H,12,13). The first-order valence-electron chi connectivity index (χ1n) is 4.89. The second kappa shape index (κ2) is 4.85. The van der Waals surface area contributed by atoms with Gasteiger partial charge in [0, 0.05) is 12.7 Å². The quantitative estimate of drug-likeness (QED) is 0.766. The van der Waals surface area contributed by atoms with E-state index in [1.807, 2.05) is 19.2 Å². The normalized spacial score (nSPS) is 12.5. The van der Waals surface area contributed by atoms with Gasteiger partial charge in [0.25, 0.3) is 0 Å². The van der Waals surface area contributed by atoms with Crippen LogP contribution in [0.15, 0.2) is 18.3 Å². The van der Waals surface area contributed by atoms with E-state index in [1.54, 1.807) is 0 Å². The number of aromatic nitrogens is 1. The lowest BCUT2D eigenvalue weighted by Gasteiger charge is -2.10. The Hall–Kier alpha value is -1.05. The first-order valence-corrected chi connectivity index (χ1v) is 4.89. The predicted octanol–water partition coefficient (Wildman–Crippen LogP) is 2.85. The summed E-state index contributed by atoms with van der Waals surface area (Å²) >= 11 is 0. The van der Waals surface area contributed by atoms with Gasteiger partial charge in [0.05, 0.1) is 0 Å². The summed E-state index contributed by atoms with van der Waals surface area (Å²) in [6, 6.07) is 4.10. The largest absolute Gasteiger partial charge is 0.370 e. The molecule has 0 saturated heterocycles. The molecule has 1 atom stereocenters. The van der Waals surface area contributed by atoms with Crippen LogP contribution in [0.1, 0.15) is 25.8 Å². The molecule has 0 aromatic carbocycles. The van der Waals surface area contributed by atoms with Gasteiger partial charge in [-0.3, -0.25) is 0 Å². The van der Waals surface area contributed by atoms with E-state index in [4.69, 9.17) is 0 Å². The summed E-state index contributed by atoms with van der Waals surface area (Å²) in [7, 11) is 0. The van der Waals surface area contributed by atoms with Crippen molar-refractivity contribution in [1.29, 1.82) is 0 Å². The molecule has 2 nitrogen and oxygen atoms in total. The fourth-order valence-electron chi connectivity index (χ4n) is 0.996. The van der Waals surface area contributed by atoms with Gasteiger partial charge in [-0.1, -0.05) is 26.3 Å². The molecular formula is C11H18N2. The predicted molar refractivity (Wildman–Crippen MR) is 56.9 cm³/mol. The number of rotatable bonds is 4. The van der Waals surface area contributed by atoms with Crippen LogP contribution in [0.3, 0.4) is 0 Å². The Balaban J connectivity index is 2.41. The molecule has 1 unspecified atom stereocenters. The van der Waals surface area contributed by atoms with Crippen LogP contribution in [0, 0.1) is 12.8 Å². The van der Waals surface area contributed by atoms with Crippen molar-refractivity contribution >= 4 is 5.82 Å². The molecule has 13 heavy (non-hydrogen) atoms. The minimum absolute atomic E-state index is 0.711. The smallest absolute Gasteiger partial charge is 0.125 e. The first kappa shape index (κ1) is 10.0. The molecule has 0 amide bonds. The second-order valence-electron chi connectivity index (χ2n) is 3.62. The zero-order valence-electron chi connectivity index (χ0n) is 8.67. The fraction of sp³-hybridized carbons (Fsp3) is 0.545. The summed E-state index contributed by atoms with van der Waals surface area (Å²) in [4.78, 5) is 4.27. The molecule has 0 radical (unpaired) electrons. The highest BCUT2D eigenvalue weighted by molar-refractivity contribution is 5.34. The Bertz CT molecular complexity index is 241. The van der Waals surface area contributed by atoms with Gasteiger partial charge in [0.2, 0.25) is 0 Å². The molecule has 0 aliphatic rings. The Morgan fingerprint density at radius 1 is 1.46 bits per heavy atom. The van der Waals surface area contributed by atoms with Gasteiger partial charge in [-0.05, 0) is 24.5 Å². The van der Waals surface area contributed by atoms with Crippen molar-refractivity contribution in [2.24, 2.45) is 5.92 Å². The van der Waals surface area contributed by atoms with E-state index >= 15 is 0 Å². The monoisotopic (exact) mass is 178 g/mol. The molecule has 0 bridgehead atoms. The van der Waals surface area contributed by atoms with Crippen LogP contribution < -0.4 is 5.32 Å². The summed E-state index contributed by atoms with van der Waals surface area (Å²) in [5, 5.41) is 3.31. The van der Waals surface area contributed by atoms with E-state index in [0.29, 0.717) is 5.92 Å². The van der Waals surface area contributed by atoms with Crippen molar-refractivity contribution in [2.75, 3.05) is 11.9 Å². The van der Waals surface area contributed by atoms with Crippen LogP contribution in [-0.4, -0.2) is 11.5 Å². The van der Waals surface area contributed by atoms with E-state index < -0.39 is 0 Å².